The molecule has 0 aromatic heterocycles. The molecule has 2 atom stereocenters. The van der Waals surface area contributed by atoms with E-state index in [1.807, 2.05) is 30.9 Å². The van der Waals surface area contributed by atoms with Gasteiger partial charge in [0.2, 0.25) is 5.91 Å². The molecule has 2 aromatic carbocycles. The molecule has 2 N–H and O–H groups in total. The zero-order valence-corrected chi connectivity index (χ0v) is 17.9. The van der Waals surface area contributed by atoms with Crippen LogP contribution in [0.3, 0.4) is 0 Å². The summed E-state index contributed by atoms with van der Waals surface area (Å²) in [5, 5.41) is 5.45. The number of amides is 3. The van der Waals surface area contributed by atoms with E-state index in [4.69, 9.17) is 4.74 Å². The number of hydrogen-bond donors (Lipinski definition) is 2. The Morgan fingerprint density at radius 2 is 1.61 bits per heavy atom. The summed E-state index contributed by atoms with van der Waals surface area (Å²) < 4.78 is 20.4. The molecular weight excluding hydrogens is 399 g/mol. The van der Waals surface area contributed by atoms with Gasteiger partial charge >= 0.3 is 6.03 Å². The Morgan fingerprint density at radius 3 is 2.23 bits per heavy atom. The summed E-state index contributed by atoms with van der Waals surface area (Å²) in [6, 6.07) is 9.69. The van der Waals surface area contributed by atoms with Gasteiger partial charge < -0.3 is 25.2 Å². The number of nitrogens with zero attached hydrogens (tertiary/aromatic N) is 2. The van der Waals surface area contributed by atoms with Gasteiger partial charge in [0, 0.05) is 43.6 Å². The van der Waals surface area contributed by atoms with Crippen molar-refractivity contribution in [3.05, 3.63) is 47.8 Å². The van der Waals surface area contributed by atoms with Crippen molar-refractivity contribution in [3.63, 3.8) is 0 Å². The van der Waals surface area contributed by atoms with Gasteiger partial charge in [-0.15, -0.1) is 0 Å². The lowest BCUT2D eigenvalue weighted by molar-refractivity contribution is -0.116. The quantitative estimate of drug-likeness (QED) is 0.778. The molecule has 31 heavy (non-hydrogen) atoms. The molecule has 2 aliphatic heterocycles. The first-order valence-electron chi connectivity index (χ1n) is 10.5. The van der Waals surface area contributed by atoms with Crippen LogP contribution in [0.5, 0.6) is 0 Å². The minimum Gasteiger partial charge on any atom is -0.372 e. The highest BCUT2D eigenvalue weighted by atomic mass is 19.1. The lowest BCUT2D eigenvalue weighted by atomic mass is 10.1. The first-order chi connectivity index (χ1) is 14.8. The largest absolute Gasteiger partial charge is 0.372 e. The van der Waals surface area contributed by atoms with E-state index in [0.29, 0.717) is 36.7 Å². The maximum absolute atomic E-state index is 14.7. The maximum Gasteiger partial charge on any atom is 0.323 e. The number of anilines is 4. The van der Waals surface area contributed by atoms with Crippen molar-refractivity contribution in [2.45, 2.75) is 39.4 Å². The van der Waals surface area contributed by atoms with Crippen molar-refractivity contribution in [1.82, 2.24) is 0 Å². The number of rotatable bonds is 3. The zero-order chi connectivity index (χ0) is 22.1. The molecule has 8 heteroatoms. The first kappa shape index (κ1) is 21.1. The van der Waals surface area contributed by atoms with E-state index in [1.54, 1.807) is 30.0 Å². The van der Waals surface area contributed by atoms with Crippen LogP contribution in [-0.2, 0) is 16.0 Å². The fourth-order valence-corrected chi connectivity index (χ4v) is 4.32. The van der Waals surface area contributed by atoms with E-state index < -0.39 is 6.03 Å². The minimum absolute atomic E-state index is 0.00340. The highest BCUT2D eigenvalue weighted by molar-refractivity contribution is 6.00. The summed E-state index contributed by atoms with van der Waals surface area (Å²) in [6.07, 6.45) is 0.806. The third kappa shape index (κ3) is 4.64. The number of ether oxygens (including phenoxy) is 1. The Bertz CT molecular complexity index is 1000. The molecule has 2 aliphatic rings. The van der Waals surface area contributed by atoms with Crippen molar-refractivity contribution in [2.24, 2.45) is 0 Å². The van der Waals surface area contributed by atoms with Gasteiger partial charge in [0.05, 0.1) is 17.9 Å². The second-order valence-corrected chi connectivity index (χ2v) is 8.17. The average Bonchev–Trinajstić information content (AvgIpc) is 3.10. The second kappa shape index (κ2) is 8.55. The van der Waals surface area contributed by atoms with Crippen molar-refractivity contribution >= 4 is 34.7 Å². The molecule has 4 rings (SSSR count). The standard InChI is InChI=1S/C23H27FN4O3/c1-14-12-27(13-15(2)31-14)22-7-5-19(11-20(22)24)26-23(30)25-18-4-6-21-17(10-18)8-9-28(21)16(3)29/h4-7,10-11,14-15H,8-9,12-13H2,1-3H3,(H2,25,26,30). The van der Waals surface area contributed by atoms with Gasteiger partial charge in [0.1, 0.15) is 5.82 Å². The first-order valence-corrected chi connectivity index (χ1v) is 10.5. The van der Waals surface area contributed by atoms with Gasteiger partial charge in [0.25, 0.3) is 0 Å². The van der Waals surface area contributed by atoms with E-state index in [9.17, 15) is 14.0 Å². The molecule has 1 saturated heterocycles. The van der Waals surface area contributed by atoms with Crippen molar-refractivity contribution in [2.75, 3.05) is 40.1 Å². The van der Waals surface area contributed by atoms with Gasteiger partial charge in [-0.25, -0.2) is 9.18 Å². The summed E-state index contributed by atoms with van der Waals surface area (Å²) in [4.78, 5) is 27.8. The number of hydrogen-bond acceptors (Lipinski definition) is 4. The Labute approximate surface area is 181 Å². The smallest absolute Gasteiger partial charge is 0.323 e. The lowest BCUT2D eigenvalue weighted by Gasteiger charge is -2.37. The van der Waals surface area contributed by atoms with E-state index in [2.05, 4.69) is 10.6 Å². The van der Waals surface area contributed by atoms with E-state index in [-0.39, 0.29) is 23.9 Å². The van der Waals surface area contributed by atoms with Crippen LogP contribution in [0.4, 0.5) is 31.9 Å². The van der Waals surface area contributed by atoms with Crippen LogP contribution < -0.4 is 20.4 Å². The van der Waals surface area contributed by atoms with Crippen LogP contribution in [0.25, 0.3) is 0 Å². The molecule has 0 spiro atoms. The summed E-state index contributed by atoms with van der Waals surface area (Å²) >= 11 is 0. The zero-order valence-electron chi connectivity index (χ0n) is 17.9. The molecule has 3 amide bonds. The van der Waals surface area contributed by atoms with E-state index in [0.717, 1.165) is 17.7 Å². The molecule has 2 aromatic rings. The Kier molecular flexibility index (Phi) is 5.82. The third-order valence-electron chi connectivity index (χ3n) is 5.58. The number of halogens is 1. The van der Waals surface area contributed by atoms with Crippen LogP contribution in [-0.4, -0.2) is 43.8 Å². The predicted molar refractivity (Wildman–Crippen MR) is 119 cm³/mol. The molecule has 2 unspecified atom stereocenters. The SMILES string of the molecule is CC(=O)N1CCc2cc(NC(=O)Nc3ccc(N4CC(C)OC(C)C4)c(F)c3)ccc21. The van der Waals surface area contributed by atoms with Crippen molar-refractivity contribution in [3.8, 4) is 0 Å². The summed E-state index contributed by atoms with van der Waals surface area (Å²) in [6.45, 7) is 7.36. The molecular formula is C23H27FN4O3. The number of urea groups is 1. The third-order valence-corrected chi connectivity index (χ3v) is 5.58. The normalized spacial score (nSPS) is 20.4. The topological polar surface area (TPSA) is 73.9 Å². The molecule has 0 saturated carbocycles. The molecule has 0 aliphatic carbocycles. The highest BCUT2D eigenvalue weighted by Gasteiger charge is 2.25. The van der Waals surface area contributed by atoms with Crippen molar-refractivity contribution < 1.29 is 18.7 Å². The molecule has 0 radical (unpaired) electrons. The van der Waals surface area contributed by atoms with Gasteiger partial charge in [0.15, 0.2) is 0 Å². The fourth-order valence-electron chi connectivity index (χ4n) is 4.32. The number of benzene rings is 2. The minimum atomic E-state index is -0.456. The number of nitrogens with one attached hydrogen (secondary N) is 2. The highest BCUT2D eigenvalue weighted by Crippen LogP contribution is 2.31. The monoisotopic (exact) mass is 426 g/mol. The van der Waals surface area contributed by atoms with Crippen LogP contribution in [0, 0.1) is 5.82 Å². The second-order valence-electron chi connectivity index (χ2n) is 8.17. The lowest BCUT2D eigenvalue weighted by Crippen LogP contribution is -2.45. The molecule has 164 valence electrons. The van der Waals surface area contributed by atoms with Crippen LogP contribution in [0.1, 0.15) is 26.3 Å². The van der Waals surface area contributed by atoms with Crippen molar-refractivity contribution in [1.29, 1.82) is 0 Å². The number of carbonyl (C=O) groups excluding carboxylic acids is 2. The number of carbonyl (C=O) groups is 2. The van der Waals surface area contributed by atoms with E-state index in [1.165, 1.54) is 6.07 Å². The average molecular weight is 426 g/mol. The summed E-state index contributed by atoms with van der Waals surface area (Å²) in [5.74, 6) is -0.385. The summed E-state index contributed by atoms with van der Waals surface area (Å²) in [5.41, 5.74) is 3.38. The molecule has 7 nitrogen and oxygen atoms in total. The summed E-state index contributed by atoms with van der Waals surface area (Å²) in [7, 11) is 0. The maximum atomic E-state index is 14.7. The number of morpholine rings is 1. The van der Waals surface area contributed by atoms with Gasteiger partial charge in [-0.1, -0.05) is 0 Å². The fraction of sp³-hybridized carbons (Fsp3) is 0.391. The van der Waals surface area contributed by atoms with Crippen LogP contribution >= 0.6 is 0 Å². The van der Waals surface area contributed by atoms with Gasteiger partial charge in [-0.2, -0.15) is 0 Å². The Hall–Kier alpha value is -3.13. The van der Waals surface area contributed by atoms with Gasteiger partial charge in [-0.3, -0.25) is 4.79 Å². The predicted octanol–water partition coefficient (Wildman–Crippen LogP) is 3.99. The molecule has 0 bridgehead atoms. The number of fused-ring (bicyclic) bond motifs is 1. The van der Waals surface area contributed by atoms with Crippen LogP contribution in [0.2, 0.25) is 0 Å². The Balaban J connectivity index is 1.40. The Morgan fingerprint density at radius 1 is 1.00 bits per heavy atom. The van der Waals surface area contributed by atoms with E-state index >= 15 is 0 Å². The molecule has 1 fully saturated rings. The molecule has 2 heterocycles. The van der Waals surface area contributed by atoms with Crippen LogP contribution in [0.15, 0.2) is 36.4 Å². The van der Waals surface area contributed by atoms with Gasteiger partial charge in [-0.05, 0) is 62.2 Å².